The van der Waals surface area contributed by atoms with E-state index in [0.29, 0.717) is 23.2 Å². The molecule has 1 aliphatic heterocycles. The molecule has 7 nitrogen and oxygen atoms in total. The van der Waals surface area contributed by atoms with Gasteiger partial charge in [-0.3, -0.25) is 9.69 Å². The maximum Gasteiger partial charge on any atom is 0.410 e. The van der Waals surface area contributed by atoms with E-state index in [1.54, 1.807) is 84.0 Å². The van der Waals surface area contributed by atoms with E-state index < -0.39 is 46.9 Å². The highest BCUT2D eigenvalue weighted by Gasteiger charge is 2.45. The molecule has 0 radical (unpaired) electrons. The predicted octanol–water partition coefficient (Wildman–Crippen LogP) is 5.51. The summed E-state index contributed by atoms with van der Waals surface area (Å²) in [6.07, 6.45) is -0.215. The topological polar surface area (TPSA) is 84.9 Å². The van der Waals surface area contributed by atoms with Gasteiger partial charge in [0, 0.05) is 18.2 Å². The third-order valence-electron chi connectivity index (χ3n) is 5.39. The first kappa shape index (κ1) is 26.2. The molecule has 35 heavy (non-hydrogen) atoms. The minimum Gasteiger partial charge on any atom is -0.456 e. The van der Waals surface area contributed by atoms with Gasteiger partial charge in [0.1, 0.15) is 23.1 Å². The van der Waals surface area contributed by atoms with E-state index in [0.717, 1.165) is 0 Å². The van der Waals surface area contributed by atoms with Crippen molar-refractivity contribution in [3.8, 4) is 0 Å². The van der Waals surface area contributed by atoms with E-state index in [-0.39, 0.29) is 6.54 Å². The summed E-state index contributed by atoms with van der Waals surface area (Å²) in [4.78, 5) is 39.9. The minimum atomic E-state index is -0.965. The maximum atomic E-state index is 14.6. The Labute approximate surface area is 205 Å². The normalized spacial score (nSPS) is 18.2. The Balaban J connectivity index is 1.84. The zero-order valence-electron chi connectivity index (χ0n) is 21.1. The molecule has 3 rings (SSSR count). The average molecular weight is 485 g/mol. The molecule has 0 bridgehead atoms. The molecule has 1 aliphatic rings. The quantitative estimate of drug-likeness (QED) is 0.578. The zero-order valence-corrected chi connectivity index (χ0v) is 21.1. The van der Waals surface area contributed by atoms with Crippen LogP contribution in [0.5, 0.6) is 0 Å². The summed E-state index contributed by atoms with van der Waals surface area (Å²) in [5, 5.41) is 2.80. The summed E-state index contributed by atoms with van der Waals surface area (Å²) >= 11 is 0. The van der Waals surface area contributed by atoms with E-state index >= 15 is 0 Å². The number of hydrogen-bond donors (Lipinski definition) is 1. The molecule has 2 aromatic rings. The predicted molar refractivity (Wildman–Crippen MR) is 131 cm³/mol. The van der Waals surface area contributed by atoms with Crippen molar-refractivity contribution in [2.45, 2.75) is 71.1 Å². The molecular formula is C27H33FN2O5. The fourth-order valence-electron chi connectivity index (χ4n) is 3.99. The van der Waals surface area contributed by atoms with Crippen LogP contribution in [0.25, 0.3) is 0 Å². The number of carbonyl (C=O) groups excluding carboxylic acids is 3. The van der Waals surface area contributed by atoms with Crippen molar-refractivity contribution in [2.24, 2.45) is 0 Å². The van der Waals surface area contributed by atoms with E-state index in [9.17, 15) is 18.8 Å². The number of nitrogens with zero attached hydrogens (tertiary/aromatic N) is 1. The van der Waals surface area contributed by atoms with Gasteiger partial charge in [-0.15, -0.1) is 0 Å². The van der Waals surface area contributed by atoms with E-state index in [2.05, 4.69) is 5.32 Å². The first-order valence-corrected chi connectivity index (χ1v) is 11.6. The Bertz CT molecular complexity index is 1090. The molecule has 2 amide bonds. The number of rotatable bonds is 4. The van der Waals surface area contributed by atoms with Crippen molar-refractivity contribution >= 4 is 23.7 Å². The van der Waals surface area contributed by atoms with Crippen molar-refractivity contribution < 1.29 is 28.2 Å². The largest absolute Gasteiger partial charge is 0.456 e. The van der Waals surface area contributed by atoms with Crippen LogP contribution < -0.4 is 5.32 Å². The number of carbonyl (C=O) groups is 3. The lowest BCUT2D eigenvalue weighted by Gasteiger charge is -2.30. The van der Waals surface area contributed by atoms with Gasteiger partial charge in [0.2, 0.25) is 5.91 Å². The second kappa shape index (κ2) is 10.1. The molecule has 1 saturated heterocycles. The second-order valence-electron chi connectivity index (χ2n) is 10.6. The molecular weight excluding hydrogens is 451 g/mol. The van der Waals surface area contributed by atoms with Gasteiger partial charge in [-0.25, -0.2) is 14.0 Å². The van der Waals surface area contributed by atoms with E-state index in [4.69, 9.17) is 9.47 Å². The molecule has 1 N–H and O–H groups in total. The minimum absolute atomic E-state index is 0.254. The Morgan fingerprint density at radius 1 is 0.914 bits per heavy atom. The molecule has 2 atom stereocenters. The molecule has 2 aromatic carbocycles. The van der Waals surface area contributed by atoms with Crippen LogP contribution in [0, 0.1) is 5.82 Å². The van der Waals surface area contributed by atoms with Crippen LogP contribution in [-0.2, 0) is 14.3 Å². The lowest BCUT2D eigenvalue weighted by Crippen LogP contribution is -2.47. The highest BCUT2D eigenvalue weighted by atomic mass is 19.1. The van der Waals surface area contributed by atoms with Gasteiger partial charge >= 0.3 is 12.1 Å². The highest BCUT2D eigenvalue weighted by molar-refractivity contribution is 5.98. The standard InChI is InChI=1S/C27H33FN2O5/c1-26(2,3)34-24(32)17-11-13-18(14-12-17)29-23(31)22-20(19-9-7-8-10-21(19)28)15-16-30(22)25(33)35-27(4,5)6/h7-14,20,22H,15-16H2,1-6H3,(H,29,31)/t20-,22-/m0/s1. The fourth-order valence-corrected chi connectivity index (χ4v) is 3.99. The summed E-state index contributed by atoms with van der Waals surface area (Å²) in [6.45, 7) is 10.8. The first-order chi connectivity index (χ1) is 16.2. The molecule has 0 aliphatic carbocycles. The third-order valence-corrected chi connectivity index (χ3v) is 5.39. The van der Waals surface area contributed by atoms with Gasteiger partial charge in [0.25, 0.3) is 0 Å². The number of hydrogen-bond acceptors (Lipinski definition) is 5. The zero-order chi connectivity index (χ0) is 26.0. The molecule has 0 spiro atoms. The van der Waals surface area contributed by atoms with Gasteiger partial charge in [-0.1, -0.05) is 18.2 Å². The second-order valence-corrected chi connectivity index (χ2v) is 10.6. The van der Waals surface area contributed by atoms with Crippen LogP contribution in [0.2, 0.25) is 0 Å². The van der Waals surface area contributed by atoms with Crippen molar-refractivity contribution in [3.63, 3.8) is 0 Å². The van der Waals surface area contributed by atoms with Crippen molar-refractivity contribution in [1.82, 2.24) is 4.90 Å². The molecule has 0 saturated carbocycles. The van der Waals surface area contributed by atoms with E-state index in [1.807, 2.05) is 0 Å². The Morgan fingerprint density at radius 3 is 2.09 bits per heavy atom. The van der Waals surface area contributed by atoms with Gasteiger partial charge in [0.15, 0.2) is 0 Å². The van der Waals surface area contributed by atoms with Crippen LogP contribution in [0.15, 0.2) is 48.5 Å². The van der Waals surface area contributed by atoms with Gasteiger partial charge in [-0.2, -0.15) is 0 Å². The van der Waals surface area contributed by atoms with Gasteiger partial charge in [-0.05, 0) is 83.9 Å². The number of amides is 2. The monoisotopic (exact) mass is 484 g/mol. The molecule has 8 heteroatoms. The number of anilines is 1. The van der Waals surface area contributed by atoms with Crippen LogP contribution in [0.3, 0.4) is 0 Å². The summed E-state index contributed by atoms with van der Waals surface area (Å²) in [5.41, 5.74) is -0.214. The maximum absolute atomic E-state index is 14.6. The SMILES string of the molecule is CC(C)(C)OC(=O)c1ccc(NC(=O)[C@@H]2[C@H](c3ccccc3F)CCN2C(=O)OC(C)(C)C)cc1. The van der Waals surface area contributed by atoms with Crippen molar-refractivity contribution in [2.75, 3.05) is 11.9 Å². The molecule has 0 aromatic heterocycles. The summed E-state index contributed by atoms with van der Waals surface area (Å²) in [6, 6.07) is 11.6. The highest BCUT2D eigenvalue weighted by Crippen LogP contribution is 2.36. The van der Waals surface area contributed by atoms with Crippen LogP contribution in [0.1, 0.15) is 69.8 Å². The lowest BCUT2D eigenvalue weighted by atomic mass is 9.90. The number of nitrogens with one attached hydrogen (secondary N) is 1. The van der Waals surface area contributed by atoms with Gasteiger partial charge < -0.3 is 14.8 Å². The Hall–Kier alpha value is -3.42. The van der Waals surface area contributed by atoms with E-state index in [1.165, 1.54) is 11.0 Å². The average Bonchev–Trinajstić information content (AvgIpc) is 3.17. The van der Waals surface area contributed by atoms with Crippen LogP contribution >= 0.6 is 0 Å². The van der Waals surface area contributed by atoms with Crippen molar-refractivity contribution in [3.05, 3.63) is 65.5 Å². The number of halogens is 1. The lowest BCUT2D eigenvalue weighted by molar-refractivity contribution is -0.120. The van der Waals surface area contributed by atoms with Crippen LogP contribution in [-0.4, -0.2) is 46.7 Å². The Morgan fingerprint density at radius 2 is 1.51 bits per heavy atom. The number of ether oxygens (including phenoxy) is 2. The molecule has 1 heterocycles. The molecule has 1 fully saturated rings. The van der Waals surface area contributed by atoms with Crippen LogP contribution in [0.4, 0.5) is 14.9 Å². The van der Waals surface area contributed by atoms with Gasteiger partial charge in [0.05, 0.1) is 5.56 Å². The summed E-state index contributed by atoms with van der Waals surface area (Å²) in [7, 11) is 0. The Kier molecular flexibility index (Phi) is 7.53. The smallest absolute Gasteiger partial charge is 0.410 e. The fraction of sp³-hybridized carbons (Fsp3) is 0.444. The molecule has 0 unspecified atom stereocenters. The van der Waals surface area contributed by atoms with Crippen molar-refractivity contribution in [1.29, 1.82) is 0 Å². The summed E-state index contributed by atoms with van der Waals surface area (Å²) < 4.78 is 25.5. The number of esters is 1. The number of benzene rings is 2. The molecule has 188 valence electrons. The number of likely N-dealkylation sites (tertiary alicyclic amines) is 1. The third kappa shape index (κ3) is 6.81. The first-order valence-electron chi connectivity index (χ1n) is 11.6. The summed E-state index contributed by atoms with van der Waals surface area (Å²) in [5.74, 6) is -1.90.